The molecule has 0 saturated carbocycles. The number of rotatable bonds is 2. The monoisotopic (exact) mass is 169 g/mol. The van der Waals surface area contributed by atoms with Gasteiger partial charge in [-0.15, -0.1) is 5.10 Å². The van der Waals surface area contributed by atoms with Crippen LogP contribution in [0.1, 0.15) is 30.4 Å². The molecule has 0 N–H and O–H groups in total. The van der Waals surface area contributed by atoms with E-state index in [1.165, 1.54) is 18.1 Å². The van der Waals surface area contributed by atoms with Crippen LogP contribution in [0.3, 0.4) is 0 Å². The largest absolute Gasteiger partial charge is 0.464 e. The van der Waals surface area contributed by atoms with Crippen LogP contribution in [-0.2, 0) is 4.74 Å². The maximum atomic E-state index is 10.9. The summed E-state index contributed by atoms with van der Waals surface area (Å²) in [4.78, 5) is 12.4. The molecule has 0 amide bonds. The summed E-state index contributed by atoms with van der Waals surface area (Å²) in [7, 11) is 1.32. The minimum absolute atomic E-state index is 0.156. The molecule has 0 atom stereocenters. The molecule has 0 aliphatic carbocycles. The first-order valence-corrected chi connectivity index (χ1v) is 3.65. The third-order valence-electron chi connectivity index (χ3n) is 1.36. The average Bonchev–Trinajstić information content (AvgIpc) is 2.51. The number of esters is 1. The lowest BCUT2D eigenvalue weighted by molar-refractivity contribution is 0.0593. The zero-order valence-electron chi connectivity index (χ0n) is 7.31. The number of hydrogen-bond acceptors (Lipinski definition) is 4. The fourth-order valence-electron chi connectivity index (χ4n) is 0.723. The molecule has 0 radical (unpaired) electrons. The van der Waals surface area contributed by atoms with Crippen molar-refractivity contribution < 1.29 is 9.53 Å². The van der Waals surface area contributed by atoms with Gasteiger partial charge in [0.2, 0.25) is 0 Å². The zero-order chi connectivity index (χ0) is 9.14. The van der Waals surface area contributed by atoms with Crippen molar-refractivity contribution in [2.45, 2.75) is 19.9 Å². The molecule has 0 unspecified atom stereocenters. The predicted octanol–water partition coefficient (Wildman–Crippen LogP) is 0.646. The van der Waals surface area contributed by atoms with Gasteiger partial charge in [-0.05, 0) is 13.8 Å². The van der Waals surface area contributed by atoms with Gasteiger partial charge in [0.15, 0.2) is 5.69 Å². The van der Waals surface area contributed by atoms with Gasteiger partial charge in [0.25, 0.3) is 0 Å². The van der Waals surface area contributed by atoms with Gasteiger partial charge in [0.05, 0.1) is 19.3 Å². The van der Waals surface area contributed by atoms with Crippen LogP contribution in [0.15, 0.2) is 6.20 Å². The van der Waals surface area contributed by atoms with Gasteiger partial charge in [-0.2, -0.15) is 9.90 Å². The molecule has 0 aromatic carbocycles. The second-order valence-corrected chi connectivity index (χ2v) is 2.64. The van der Waals surface area contributed by atoms with E-state index in [0.717, 1.165) is 0 Å². The van der Waals surface area contributed by atoms with Crippen molar-refractivity contribution in [2.24, 2.45) is 0 Å². The van der Waals surface area contributed by atoms with Crippen molar-refractivity contribution in [2.75, 3.05) is 7.11 Å². The molecule has 5 nitrogen and oxygen atoms in total. The van der Waals surface area contributed by atoms with E-state index in [1.807, 2.05) is 13.8 Å². The number of nitrogens with zero attached hydrogens (tertiary/aromatic N) is 3. The second-order valence-electron chi connectivity index (χ2n) is 2.64. The van der Waals surface area contributed by atoms with Crippen molar-refractivity contribution in [3.8, 4) is 0 Å². The third-order valence-corrected chi connectivity index (χ3v) is 1.36. The second kappa shape index (κ2) is 3.34. The van der Waals surface area contributed by atoms with E-state index >= 15 is 0 Å². The molecule has 0 fully saturated rings. The number of aromatic nitrogens is 3. The number of carbonyl (C=O) groups excluding carboxylic acids is 1. The van der Waals surface area contributed by atoms with Gasteiger partial charge >= 0.3 is 5.97 Å². The van der Waals surface area contributed by atoms with Crippen LogP contribution in [0.25, 0.3) is 0 Å². The fourth-order valence-corrected chi connectivity index (χ4v) is 0.723. The maximum Gasteiger partial charge on any atom is 0.360 e. The van der Waals surface area contributed by atoms with Crippen LogP contribution in [0, 0.1) is 0 Å². The standard InChI is InChI=1S/C7H11N3O2/c1-5(2)10-8-4-6(9-10)7(11)12-3/h4-5H,1-3H3. The SMILES string of the molecule is COC(=O)c1cnn(C(C)C)n1. The molecule has 12 heavy (non-hydrogen) atoms. The molecular weight excluding hydrogens is 158 g/mol. The van der Waals surface area contributed by atoms with Crippen LogP contribution >= 0.6 is 0 Å². The molecule has 0 saturated heterocycles. The van der Waals surface area contributed by atoms with Gasteiger partial charge in [0, 0.05) is 0 Å². The molecular formula is C7H11N3O2. The number of methoxy groups -OCH3 is 1. The topological polar surface area (TPSA) is 57.0 Å². The summed E-state index contributed by atoms with van der Waals surface area (Å²) in [5.74, 6) is -0.457. The Balaban J connectivity index is 2.84. The van der Waals surface area contributed by atoms with E-state index in [9.17, 15) is 4.79 Å². The lowest BCUT2D eigenvalue weighted by Gasteiger charge is -2.00. The Bertz CT molecular complexity index is 280. The number of hydrogen-bond donors (Lipinski definition) is 0. The Morgan fingerprint density at radius 2 is 2.33 bits per heavy atom. The Morgan fingerprint density at radius 3 is 2.75 bits per heavy atom. The molecule has 1 rings (SSSR count). The Kier molecular flexibility index (Phi) is 2.42. The summed E-state index contributed by atoms with van der Waals surface area (Å²) in [6.45, 7) is 3.86. The summed E-state index contributed by atoms with van der Waals surface area (Å²) in [6, 6.07) is 0.156. The smallest absolute Gasteiger partial charge is 0.360 e. The molecule has 0 bridgehead atoms. The predicted molar refractivity (Wildman–Crippen MR) is 41.7 cm³/mol. The van der Waals surface area contributed by atoms with E-state index in [-0.39, 0.29) is 11.7 Å². The molecule has 5 heteroatoms. The summed E-state index contributed by atoms with van der Waals surface area (Å²) in [5, 5.41) is 7.80. The average molecular weight is 169 g/mol. The van der Waals surface area contributed by atoms with E-state index in [4.69, 9.17) is 0 Å². The highest BCUT2D eigenvalue weighted by molar-refractivity contribution is 5.86. The maximum absolute atomic E-state index is 10.9. The van der Waals surface area contributed by atoms with Crippen LogP contribution in [-0.4, -0.2) is 28.1 Å². The normalized spacial score (nSPS) is 10.3. The highest BCUT2D eigenvalue weighted by atomic mass is 16.5. The van der Waals surface area contributed by atoms with E-state index in [2.05, 4.69) is 14.9 Å². The third kappa shape index (κ3) is 1.61. The molecule has 1 aromatic heterocycles. The van der Waals surface area contributed by atoms with Crippen LogP contribution in [0.4, 0.5) is 0 Å². The zero-order valence-corrected chi connectivity index (χ0v) is 7.31. The minimum atomic E-state index is -0.457. The van der Waals surface area contributed by atoms with Gasteiger partial charge in [-0.25, -0.2) is 4.79 Å². The van der Waals surface area contributed by atoms with E-state index < -0.39 is 5.97 Å². The highest BCUT2D eigenvalue weighted by Crippen LogP contribution is 2.01. The van der Waals surface area contributed by atoms with Gasteiger partial charge in [-0.1, -0.05) is 0 Å². The molecule has 0 aliphatic rings. The van der Waals surface area contributed by atoms with Gasteiger partial charge in [0.1, 0.15) is 0 Å². The first kappa shape index (κ1) is 8.70. The number of ether oxygens (including phenoxy) is 1. The summed E-state index contributed by atoms with van der Waals surface area (Å²) >= 11 is 0. The highest BCUT2D eigenvalue weighted by Gasteiger charge is 2.10. The molecule has 1 heterocycles. The fraction of sp³-hybridized carbons (Fsp3) is 0.571. The molecule has 0 spiro atoms. The first-order chi connectivity index (χ1) is 5.65. The van der Waals surface area contributed by atoms with Crippen molar-refractivity contribution >= 4 is 5.97 Å². The summed E-state index contributed by atoms with van der Waals surface area (Å²) in [6.07, 6.45) is 1.39. The minimum Gasteiger partial charge on any atom is -0.464 e. The quantitative estimate of drug-likeness (QED) is 0.610. The molecule has 0 aliphatic heterocycles. The number of carbonyl (C=O) groups is 1. The first-order valence-electron chi connectivity index (χ1n) is 3.65. The van der Waals surface area contributed by atoms with Crippen molar-refractivity contribution in [1.82, 2.24) is 15.0 Å². The van der Waals surface area contributed by atoms with Gasteiger partial charge in [-0.3, -0.25) is 0 Å². The molecule has 66 valence electrons. The van der Waals surface area contributed by atoms with Crippen molar-refractivity contribution in [1.29, 1.82) is 0 Å². The van der Waals surface area contributed by atoms with Gasteiger partial charge < -0.3 is 4.74 Å². The van der Waals surface area contributed by atoms with Crippen molar-refractivity contribution in [3.05, 3.63) is 11.9 Å². The summed E-state index contributed by atoms with van der Waals surface area (Å²) < 4.78 is 4.47. The molecule has 1 aromatic rings. The van der Waals surface area contributed by atoms with Crippen LogP contribution in [0.2, 0.25) is 0 Å². The van der Waals surface area contributed by atoms with Crippen molar-refractivity contribution in [3.63, 3.8) is 0 Å². The lowest BCUT2D eigenvalue weighted by Crippen LogP contribution is -2.07. The van der Waals surface area contributed by atoms with E-state index in [1.54, 1.807) is 0 Å². The van der Waals surface area contributed by atoms with E-state index in [0.29, 0.717) is 0 Å². The van der Waals surface area contributed by atoms with Crippen LogP contribution < -0.4 is 0 Å². The Labute approximate surface area is 70.3 Å². The van der Waals surface area contributed by atoms with Crippen LogP contribution in [0.5, 0.6) is 0 Å². The Morgan fingerprint density at radius 1 is 1.67 bits per heavy atom. The summed E-state index contributed by atoms with van der Waals surface area (Å²) in [5.41, 5.74) is 0.242. The Hall–Kier alpha value is -1.39. The lowest BCUT2D eigenvalue weighted by atomic mass is 10.4.